The van der Waals surface area contributed by atoms with Gasteiger partial charge in [-0.15, -0.1) is 0 Å². The molecule has 0 aliphatic heterocycles. The molecule has 0 saturated carbocycles. The summed E-state index contributed by atoms with van der Waals surface area (Å²) in [5, 5.41) is 4.20. The highest BCUT2D eigenvalue weighted by molar-refractivity contribution is 8.00. The molecule has 3 aromatic rings. The van der Waals surface area contributed by atoms with Crippen LogP contribution < -0.4 is 5.32 Å². The van der Waals surface area contributed by atoms with Gasteiger partial charge in [-0.25, -0.2) is 9.97 Å². The standard InChI is InChI=1S/C19H17N3O2S/c1-12(23)14-6-5-7-15(10-14)22-18(24)13(2)25-19-16-8-3-4-9-17(16)20-11-21-19/h3-11,13H,1-2H3,(H,22,24). The van der Waals surface area contributed by atoms with E-state index in [0.29, 0.717) is 11.3 Å². The molecule has 0 aliphatic carbocycles. The summed E-state index contributed by atoms with van der Waals surface area (Å²) in [7, 11) is 0. The zero-order valence-electron chi connectivity index (χ0n) is 13.9. The van der Waals surface area contributed by atoms with Crippen LogP contribution in [0, 0.1) is 0 Å². The number of fused-ring (bicyclic) bond motifs is 1. The lowest BCUT2D eigenvalue weighted by Crippen LogP contribution is -2.22. The minimum Gasteiger partial charge on any atom is -0.325 e. The van der Waals surface area contributed by atoms with Gasteiger partial charge in [0.2, 0.25) is 5.91 Å². The number of ketones is 1. The maximum absolute atomic E-state index is 12.5. The van der Waals surface area contributed by atoms with Crippen molar-refractivity contribution in [2.75, 3.05) is 5.32 Å². The van der Waals surface area contributed by atoms with Crippen LogP contribution in [0.25, 0.3) is 10.9 Å². The average Bonchev–Trinajstić information content (AvgIpc) is 2.62. The predicted octanol–water partition coefficient (Wildman–Crippen LogP) is 3.95. The van der Waals surface area contributed by atoms with Crippen LogP contribution in [0.1, 0.15) is 24.2 Å². The van der Waals surface area contributed by atoms with E-state index in [-0.39, 0.29) is 16.9 Å². The van der Waals surface area contributed by atoms with E-state index in [1.165, 1.54) is 25.0 Å². The summed E-state index contributed by atoms with van der Waals surface area (Å²) in [6, 6.07) is 14.6. The van der Waals surface area contributed by atoms with Crippen molar-refractivity contribution in [3.05, 3.63) is 60.4 Å². The van der Waals surface area contributed by atoms with Crippen LogP contribution in [-0.2, 0) is 4.79 Å². The van der Waals surface area contributed by atoms with Crippen molar-refractivity contribution >= 4 is 40.0 Å². The first-order valence-corrected chi connectivity index (χ1v) is 8.71. The molecule has 1 N–H and O–H groups in total. The van der Waals surface area contributed by atoms with Crippen molar-refractivity contribution in [2.45, 2.75) is 24.1 Å². The Bertz CT molecular complexity index is 937. The SMILES string of the molecule is CC(=O)c1cccc(NC(=O)C(C)Sc2ncnc3ccccc23)c1. The number of thioether (sulfide) groups is 1. The van der Waals surface area contributed by atoms with Crippen molar-refractivity contribution in [3.63, 3.8) is 0 Å². The molecular formula is C19H17N3O2S. The number of carbonyl (C=O) groups excluding carboxylic acids is 2. The molecule has 1 atom stereocenters. The number of carbonyl (C=O) groups is 2. The van der Waals surface area contributed by atoms with E-state index >= 15 is 0 Å². The van der Waals surface area contributed by atoms with Gasteiger partial charge in [0.25, 0.3) is 0 Å². The second-order valence-electron chi connectivity index (χ2n) is 5.58. The van der Waals surface area contributed by atoms with Gasteiger partial charge in [-0.2, -0.15) is 0 Å². The molecule has 2 aromatic carbocycles. The third-order valence-electron chi connectivity index (χ3n) is 3.70. The number of nitrogens with one attached hydrogen (secondary N) is 1. The number of Topliss-reactive ketones (excluding diaryl/α,β-unsaturated/α-hetero) is 1. The van der Waals surface area contributed by atoms with E-state index in [0.717, 1.165) is 15.9 Å². The molecular weight excluding hydrogens is 334 g/mol. The van der Waals surface area contributed by atoms with Crippen LogP contribution in [0.15, 0.2) is 59.9 Å². The fraction of sp³-hybridized carbons (Fsp3) is 0.158. The monoisotopic (exact) mass is 351 g/mol. The maximum atomic E-state index is 12.5. The summed E-state index contributed by atoms with van der Waals surface area (Å²) >= 11 is 1.38. The fourth-order valence-electron chi connectivity index (χ4n) is 2.35. The van der Waals surface area contributed by atoms with Gasteiger partial charge < -0.3 is 5.32 Å². The average molecular weight is 351 g/mol. The highest BCUT2D eigenvalue weighted by Gasteiger charge is 2.17. The molecule has 0 fully saturated rings. The summed E-state index contributed by atoms with van der Waals surface area (Å²) < 4.78 is 0. The molecule has 1 unspecified atom stereocenters. The number of para-hydroxylation sites is 1. The van der Waals surface area contributed by atoms with Crippen molar-refractivity contribution in [3.8, 4) is 0 Å². The lowest BCUT2D eigenvalue weighted by Gasteiger charge is -2.13. The van der Waals surface area contributed by atoms with Gasteiger partial charge >= 0.3 is 0 Å². The molecule has 126 valence electrons. The predicted molar refractivity (Wildman–Crippen MR) is 99.9 cm³/mol. The van der Waals surface area contributed by atoms with Crippen LogP contribution in [0.2, 0.25) is 0 Å². The Balaban J connectivity index is 1.74. The fourth-order valence-corrected chi connectivity index (χ4v) is 3.26. The Morgan fingerprint density at radius 1 is 1.08 bits per heavy atom. The third-order valence-corrected chi connectivity index (χ3v) is 4.82. The first kappa shape index (κ1) is 17.1. The summed E-state index contributed by atoms with van der Waals surface area (Å²) in [6.07, 6.45) is 1.51. The molecule has 1 aromatic heterocycles. The number of rotatable bonds is 5. The lowest BCUT2D eigenvalue weighted by atomic mass is 10.1. The zero-order valence-corrected chi connectivity index (χ0v) is 14.7. The molecule has 1 heterocycles. The second-order valence-corrected chi connectivity index (χ2v) is 6.91. The normalized spacial score (nSPS) is 11.9. The lowest BCUT2D eigenvalue weighted by molar-refractivity contribution is -0.115. The van der Waals surface area contributed by atoms with E-state index in [2.05, 4.69) is 15.3 Å². The number of anilines is 1. The summed E-state index contributed by atoms with van der Waals surface area (Å²) in [5.41, 5.74) is 2.03. The molecule has 0 spiro atoms. The largest absolute Gasteiger partial charge is 0.325 e. The van der Waals surface area contributed by atoms with E-state index in [9.17, 15) is 9.59 Å². The molecule has 0 aliphatic rings. The number of aromatic nitrogens is 2. The van der Waals surface area contributed by atoms with Gasteiger partial charge in [-0.1, -0.05) is 42.1 Å². The van der Waals surface area contributed by atoms with Crippen molar-refractivity contribution in [2.24, 2.45) is 0 Å². The zero-order chi connectivity index (χ0) is 17.8. The smallest absolute Gasteiger partial charge is 0.237 e. The molecule has 0 radical (unpaired) electrons. The number of hydrogen-bond donors (Lipinski definition) is 1. The number of amides is 1. The van der Waals surface area contributed by atoms with Crippen LogP contribution in [-0.4, -0.2) is 26.9 Å². The first-order chi connectivity index (χ1) is 12.0. The van der Waals surface area contributed by atoms with E-state index in [4.69, 9.17) is 0 Å². The van der Waals surface area contributed by atoms with E-state index in [1.807, 2.05) is 31.2 Å². The number of benzene rings is 2. The molecule has 0 bridgehead atoms. The Kier molecular flexibility index (Phi) is 5.09. The molecule has 0 saturated heterocycles. The van der Waals surface area contributed by atoms with Crippen molar-refractivity contribution in [1.29, 1.82) is 0 Å². The number of hydrogen-bond acceptors (Lipinski definition) is 5. The van der Waals surface area contributed by atoms with Gasteiger partial charge in [0, 0.05) is 16.6 Å². The molecule has 1 amide bonds. The number of nitrogens with zero attached hydrogens (tertiary/aromatic N) is 2. The van der Waals surface area contributed by atoms with Crippen molar-refractivity contribution < 1.29 is 9.59 Å². The molecule has 3 rings (SSSR count). The van der Waals surface area contributed by atoms with Crippen molar-refractivity contribution in [1.82, 2.24) is 9.97 Å². The first-order valence-electron chi connectivity index (χ1n) is 7.83. The summed E-state index contributed by atoms with van der Waals surface area (Å²) in [6.45, 7) is 3.32. The molecule has 25 heavy (non-hydrogen) atoms. The summed E-state index contributed by atoms with van der Waals surface area (Å²) in [4.78, 5) is 32.5. The van der Waals surface area contributed by atoms with Crippen LogP contribution in [0.4, 0.5) is 5.69 Å². The van der Waals surface area contributed by atoms with Crippen LogP contribution in [0.5, 0.6) is 0 Å². The highest BCUT2D eigenvalue weighted by Crippen LogP contribution is 2.28. The van der Waals surface area contributed by atoms with Gasteiger partial charge in [-0.05, 0) is 32.0 Å². The van der Waals surface area contributed by atoms with Crippen LogP contribution in [0.3, 0.4) is 0 Å². The summed E-state index contributed by atoms with van der Waals surface area (Å²) in [5.74, 6) is -0.181. The Hall–Kier alpha value is -2.73. The van der Waals surface area contributed by atoms with Crippen LogP contribution >= 0.6 is 11.8 Å². The quantitative estimate of drug-likeness (QED) is 0.428. The Morgan fingerprint density at radius 2 is 1.88 bits per heavy atom. The van der Waals surface area contributed by atoms with Gasteiger partial charge in [-0.3, -0.25) is 9.59 Å². The highest BCUT2D eigenvalue weighted by atomic mass is 32.2. The maximum Gasteiger partial charge on any atom is 0.237 e. The Labute approximate surface area is 149 Å². The van der Waals surface area contributed by atoms with E-state index in [1.54, 1.807) is 24.3 Å². The minimum absolute atomic E-state index is 0.0361. The molecule has 6 heteroatoms. The van der Waals surface area contributed by atoms with Gasteiger partial charge in [0.15, 0.2) is 5.78 Å². The minimum atomic E-state index is -0.348. The van der Waals surface area contributed by atoms with Gasteiger partial charge in [0.1, 0.15) is 11.4 Å². The third kappa shape index (κ3) is 4.03. The van der Waals surface area contributed by atoms with E-state index < -0.39 is 0 Å². The Morgan fingerprint density at radius 3 is 2.68 bits per heavy atom. The van der Waals surface area contributed by atoms with Gasteiger partial charge in [0.05, 0.1) is 10.8 Å². The topological polar surface area (TPSA) is 72.0 Å². The second kappa shape index (κ2) is 7.44. The molecule has 5 nitrogen and oxygen atoms in total.